The summed E-state index contributed by atoms with van der Waals surface area (Å²) in [5, 5.41) is 0.337. The third-order valence-corrected chi connectivity index (χ3v) is 2.69. The molecule has 0 aliphatic carbocycles. The summed E-state index contributed by atoms with van der Waals surface area (Å²) in [6.45, 7) is 0.121. The first-order valence-electron chi connectivity index (χ1n) is 4.77. The standard InChI is InChI=1S/C10H10Cl4N4/c11-7-2-1-3-17-9(7)18-8(10(12,13)14)4-6(16)5-15/h1-4H,5,15-16H2. The van der Waals surface area contributed by atoms with Gasteiger partial charge in [-0.25, -0.2) is 9.98 Å². The zero-order chi connectivity index (χ0) is 13.8. The SMILES string of the molecule is NCC(N)=CC(=Nc1ncccc1Cl)C(Cl)(Cl)Cl. The van der Waals surface area contributed by atoms with Gasteiger partial charge in [0, 0.05) is 18.4 Å². The van der Waals surface area contributed by atoms with Crippen LogP contribution in [0.1, 0.15) is 0 Å². The van der Waals surface area contributed by atoms with Crippen molar-refractivity contribution in [1.82, 2.24) is 4.98 Å². The number of nitrogens with two attached hydrogens (primary N) is 2. The van der Waals surface area contributed by atoms with Crippen LogP contribution in [0.4, 0.5) is 5.82 Å². The summed E-state index contributed by atoms with van der Waals surface area (Å²) in [5.41, 5.74) is 11.4. The van der Waals surface area contributed by atoms with Crippen LogP contribution in [-0.2, 0) is 0 Å². The van der Waals surface area contributed by atoms with E-state index in [4.69, 9.17) is 57.9 Å². The van der Waals surface area contributed by atoms with E-state index in [9.17, 15) is 0 Å². The molecule has 1 aromatic rings. The second-order valence-corrected chi connectivity index (χ2v) is 5.92. The lowest BCUT2D eigenvalue weighted by Crippen LogP contribution is -2.21. The van der Waals surface area contributed by atoms with Gasteiger partial charge >= 0.3 is 0 Å². The molecule has 1 heterocycles. The zero-order valence-electron chi connectivity index (χ0n) is 9.08. The van der Waals surface area contributed by atoms with E-state index in [-0.39, 0.29) is 18.1 Å². The molecule has 0 aliphatic heterocycles. The zero-order valence-corrected chi connectivity index (χ0v) is 12.1. The highest BCUT2D eigenvalue weighted by molar-refractivity contribution is 6.77. The first-order valence-corrected chi connectivity index (χ1v) is 6.28. The number of halogens is 4. The summed E-state index contributed by atoms with van der Waals surface area (Å²) in [4.78, 5) is 8.05. The third-order valence-electron chi connectivity index (χ3n) is 1.81. The number of hydrogen-bond donors (Lipinski definition) is 2. The molecular weight excluding hydrogens is 318 g/mol. The van der Waals surface area contributed by atoms with E-state index in [2.05, 4.69) is 9.98 Å². The van der Waals surface area contributed by atoms with Crippen molar-refractivity contribution in [3.8, 4) is 0 Å². The van der Waals surface area contributed by atoms with Crippen molar-refractivity contribution >= 4 is 57.9 Å². The quantitative estimate of drug-likeness (QED) is 0.661. The molecule has 1 aromatic heterocycles. The largest absolute Gasteiger partial charge is 0.401 e. The van der Waals surface area contributed by atoms with Crippen LogP contribution in [0.5, 0.6) is 0 Å². The fourth-order valence-corrected chi connectivity index (χ4v) is 1.44. The van der Waals surface area contributed by atoms with Gasteiger partial charge in [0.05, 0.1) is 10.7 Å². The molecule has 4 nitrogen and oxygen atoms in total. The number of aromatic nitrogens is 1. The Kier molecular flexibility index (Phi) is 5.69. The van der Waals surface area contributed by atoms with Crippen LogP contribution in [0.3, 0.4) is 0 Å². The summed E-state index contributed by atoms with van der Waals surface area (Å²) in [5.74, 6) is 0.238. The highest BCUT2D eigenvalue weighted by Crippen LogP contribution is 2.31. The molecule has 0 saturated heterocycles. The third kappa shape index (κ3) is 4.63. The molecule has 0 aliphatic rings. The van der Waals surface area contributed by atoms with E-state index in [0.29, 0.717) is 10.7 Å². The smallest absolute Gasteiger partial charge is 0.232 e. The summed E-state index contributed by atoms with van der Waals surface area (Å²) < 4.78 is -1.75. The Morgan fingerprint density at radius 3 is 2.61 bits per heavy atom. The summed E-state index contributed by atoms with van der Waals surface area (Å²) in [6, 6.07) is 3.29. The summed E-state index contributed by atoms with van der Waals surface area (Å²) in [6.07, 6.45) is 2.91. The van der Waals surface area contributed by atoms with Crippen LogP contribution < -0.4 is 11.5 Å². The maximum atomic E-state index is 5.91. The lowest BCUT2D eigenvalue weighted by atomic mass is 10.3. The molecule has 0 unspecified atom stereocenters. The van der Waals surface area contributed by atoms with Gasteiger partial charge in [0.2, 0.25) is 3.79 Å². The second-order valence-electron chi connectivity index (χ2n) is 3.23. The van der Waals surface area contributed by atoms with E-state index >= 15 is 0 Å². The fourth-order valence-electron chi connectivity index (χ4n) is 0.986. The topological polar surface area (TPSA) is 77.3 Å². The Balaban J connectivity index is 3.24. The minimum Gasteiger partial charge on any atom is -0.401 e. The predicted molar refractivity (Wildman–Crippen MR) is 78.0 cm³/mol. The first kappa shape index (κ1) is 15.5. The van der Waals surface area contributed by atoms with Gasteiger partial charge in [-0.15, -0.1) is 0 Å². The van der Waals surface area contributed by atoms with Crippen molar-refractivity contribution in [2.45, 2.75) is 3.79 Å². The van der Waals surface area contributed by atoms with Crippen molar-refractivity contribution in [1.29, 1.82) is 0 Å². The maximum absolute atomic E-state index is 5.91. The lowest BCUT2D eigenvalue weighted by molar-refractivity contribution is 1.11. The molecule has 18 heavy (non-hydrogen) atoms. The van der Waals surface area contributed by atoms with E-state index in [1.807, 2.05) is 0 Å². The van der Waals surface area contributed by atoms with Gasteiger partial charge in [-0.2, -0.15) is 0 Å². The molecule has 0 amide bonds. The summed E-state index contributed by atoms with van der Waals surface area (Å²) >= 11 is 23.3. The summed E-state index contributed by atoms with van der Waals surface area (Å²) in [7, 11) is 0. The molecule has 98 valence electrons. The van der Waals surface area contributed by atoms with Crippen LogP contribution in [0.2, 0.25) is 5.02 Å². The fraction of sp³-hybridized carbons (Fsp3) is 0.200. The molecule has 0 saturated carbocycles. The van der Waals surface area contributed by atoms with Crippen LogP contribution in [0, 0.1) is 0 Å². The van der Waals surface area contributed by atoms with E-state index in [1.165, 1.54) is 12.3 Å². The van der Waals surface area contributed by atoms with Gasteiger partial charge < -0.3 is 11.5 Å². The molecule has 4 N–H and O–H groups in total. The normalized spacial score (nSPS) is 13.8. The number of nitrogens with zero attached hydrogens (tertiary/aromatic N) is 2. The highest BCUT2D eigenvalue weighted by atomic mass is 35.6. The van der Waals surface area contributed by atoms with Crippen LogP contribution >= 0.6 is 46.4 Å². The number of aliphatic imine (C=N–C) groups is 1. The average Bonchev–Trinajstić information content (AvgIpc) is 2.29. The van der Waals surface area contributed by atoms with Crippen LogP contribution in [-0.4, -0.2) is 21.0 Å². The van der Waals surface area contributed by atoms with Gasteiger partial charge in [-0.05, 0) is 18.2 Å². The van der Waals surface area contributed by atoms with Gasteiger partial charge in [0.15, 0.2) is 5.82 Å². The molecular formula is C10H10Cl4N4. The van der Waals surface area contributed by atoms with E-state index in [0.717, 1.165) is 0 Å². The number of pyridine rings is 1. The maximum Gasteiger partial charge on any atom is 0.232 e. The molecule has 0 radical (unpaired) electrons. The molecule has 0 fully saturated rings. The van der Waals surface area contributed by atoms with Crippen molar-refractivity contribution in [2.24, 2.45) is 16.5 Å². The molecule has 0 aromatic carbocycles. The van der Waals surface area contributed by atoms with E-state index < -0.39 is 3.79 Å². The Bertz CT molecular complexity index is 479. The van der Waals surface area contributed by atoms with Gasteiger partial charge in [-0.3, -0.25) is 0 Å². The molecule has 0 spiro atoms. The number of rotatable bonds is 3. The van der Waals surface area contributed by atoms with Crippen molar-refractivity contribution < 1.29 is 0 Å². The average molecular weight is 328 g/mol. The first-order chi connectivity index (χ1) is 8.34. The Hall–Kier alpha value is -0.520. The van der Waals surface area contributed by atoms with Gasteiger partial charge in [0.25, 0.3) is 0 Å². The van der Waals surface area contributed by atoms with Crippen LogP contribution in [0.15, 0.2) is 35.1 Å². The number of allylic oxidation sites excluding steroid dienone is 1. The monoisotopic (exact) mass is 326 g/mol. The number of hydrogen-bond acceptors (Lipinski definition) is 4. The number of alkyl halides is 3. The molecule has 0 bridgehead atoms. The van der Waals surface area contributed by atoms with Crippen LogP contribution in [0.25, 0.3) is 0 Å². The Morgan fingerprint density at radius 1 is 1.44 bits per heavy atom. The van der Waals surface area contributed by atoms with Gasteiger partial charge in [-0.1, -0.05) is 46.4 Å². The highest BCUT2D eigenvalue weighted by Gasteiger charge is 2.27. The molecule has 1 rings (SSSR count). The lowest BCUT2D eigenvalue weighted by Gasteiger charge is -2.12. The Morgan fingerprint density at radius 2 is 2.11 bits per heavy atom. The Labute approximate surface area is 125 Å². The van der Waals surface area contributed by atoms with E-state index in [1.54, 1.807) is 12.1 Å². The predicted octanol–water partition coefficient (Wildman–Crippen LogP) is 2.98. The molecule has 0 atom stereocenters. The van der Waals surface area contributed by atoms with Gasteiger partial charge in [0.1, 0.15) is 0 Å². The van der Waals surface area contributed by atoms with Crippen molar-refractivity contribution in [3.63, 3.8) is 0 Å². The molecule has 8 heteroatoms. The minimum atomic E-state index is -1.75. The second kappa shape index (κ2) is 6.59. The van der Waals surface area contributed by atoms with Crippen molar-refractivity contribution in [2.75, 3.05) is 6.54 Å². The minimum absolute atomic E-state index is 0.0936. The van der Waals surface area contributed by atoms with Crippen molar-refractivity contribution in [3.05, 3.63) is 35.1 Å².